The van der Waals surface area contributed by atoms with Crippen molar-refractivity contribution in [2.45, 2.75) is 0 Å². The summed E-state index contributed by atoms with van der Waals surface area (Å²) < 4.78 is 4.60. The summed E-state index contributed by atoms with van der Waals surface area (Å²) in [6.45, 7) is 1.10. The summed E-state index contributed by atoms with van der Waals surface area (Å²) in [7, 11) is 0. The Morgan fingerprint density at radius 2 is 1.79 bits per heavy atom. The fourth-order valence-electron chi connectivity index (χ4n) is 2.72. The van der Waals surface area contributed by atoms with Crippen LogP contribution in [0.25, 0.3) is 22.3 Å². The Balaban J connectivity index is 1.59. The molecule has 0 aliphatic carbocycles. The van der Waals surface area contributed by atoms with Crippen molar-refractivity contribution in [2.24, 2.45) is 0 Å². The van der Waals surface area contributed by atoms with Crippen LogP contribution >= 0.6 is 23.2 Å². The van der Waals surface area contributed by atoms with E-state index in [4.69, 9.17) is 28.3 Å². The van der Waals surface area contributed by atoms with Gasteiger partial charge in [0, 0.05) is 29.1 Å². The molecule has 0 saturated heterocycles. The molecule has 2 aromatic carbocycles. The summed E-state index contributed by atoms with van der Waals surface area (Å²) in [6.07, 6.45) is 0. The number of aromatic nitrogens is 3. The third-order valence-electron chi connectivity index (χ3n) is 4.00. The first-order chi connectivity index (χ1) is 13.6. The molecule has 7 nitrogen and oxygen atoms in total. The van der Waals surface area contributed by atoms with Crippen molar-refractivity contribution in [3.63, 3.8) is 0 Å². The largest absolute Gasteiger partial charge is 0.479 e. The monoisotopic (exact) mass is 415 g/mol. The van der Waals surface area contributed by atoms with Crippen molar-refractivity contribution in [2.75, 3.05) is 23.7 Å². The van der Waals surface area contributed by atoms with Gasteiger partial charge < -0.3 is 20.3 Å². The fraction of sp³-hybridized carbons (Fsp3) is 0.105. The molecule has 0 aliphatic heterocycles. The Labute approximate surface area is 170 Å². The molecule has 28 heavy (non-hydrogen) atoms. The molecule has 4 rings (SSSR count). The SMILES string of the molecule is Oc1cc(NCCNc2nc(-c3ccc(Cl)cc3Cl)nc3ccccc23)no1. The standard InChI is InChI=1S/C19H15Cl2N5O2/c20-11-5-6-12(14(21)9-11)19-24-15-4-2-1-3-13(15)18(25-19)23-8-7-22-16-10-17(27)28-26-16/h1-6,9-10,27H,7-8H2,(H,22,26)(H,23,24,25). The zero-order valence-corrected chi connectivity index (χ0v) is 16.0. The molecule has 4 aromatic rings. The van der Waals surface area contributed by atoms with Crippen molar-refractivity contribution in [1.29, 1.82) is 0 Å². The predicted octanol–water partition coefficient (Wildman–Crippen LogP) is 4.82. The number of hydrogen-bond donors (Lipinski definition) is 3. The summed E-state index contributed by atoms with van der Waals surface area (Å²) in [5, 5.41) is 21.1. The van der Waals surface area contributed by atoms with Crippen LogP contribution in [0.3, 0.4) is 0 Å². The number of benzene rings is 2. The van der Waals surface area contributed by atoms with Gasteiger partial charge in [-0.3, -0.25) is 0 Å². The molecule has 0 aliphatic rings. The third-order valence-corrected chi connectivity index (χ3v) is 4.54. The Bertz CT molecular complexity index is 1130. The minimum Gasteiger partial charge on any atom is -0.479 e. The predicted molar refractivity (Wildman–Crippen MR) is 110 cm³/mol. The number of nitrogens with zero attached hydrogens (tertiary/aromatic N) is 3. The Morgan fingerprint density at radius 3 is 2.57 bits per heavy atom. The number of hydrogen-bond acceptors (Lipinski definition) is 7. The van der Waals surface area contributed by atoms with Crippen LogP contribution < -0.4 is 10.6 Å². The smallest absolute Gasteiger partial charge is 0.310 e. The van der Waals surface area contributed by atoms with Crippen molar-refractivity contribution >= 4 is 45.7 Å². The minimum atomic E-state index is -0.235. The second-order valence-electron chi connectivity index (χ2n) is 5.94. The van der Waals surface area contributed by atoms with Crippen LogP contribution in [0.1, 0.15) is 0 Å². The zero-order chi connectivity index (χ0) is 19.5. The van der Waals surface area contributed by atoms with Crippen LogP contribution in [0.2, 0.25) is 10.0 Å². The zero-order valence-electron chi connectivity index (χ0n) is 14.5. The number of anilines is 2. The van der Waals surface area contributed by atoms with E-state index in [-0.39, 0.29) is 5.95 Å². The van der Waals surface area contributed by atoms with Gasteiger partial charge in [-0.1, -0.05) is 40.5 Å². The first kappa shape index (κ1) is 18.3. The van der Waals surface area contributed by atoms with Gasteiger partial charge in [0.25, 0.3) is 0 Å². The number of nitrogens with one attached hydrogen (secondary N) is 2. The highest BCUT2D eigenvalue weighted by Gasteiger charge is 2.12. The summed E-state index contributed by atoms with van der Waals surface area (Å²) in [5.41, 5.74) is 1.51. The van der Waals surface area contributed by atoms with Crippen LogP contribution in [0, 0.1) is 0 Å². The van der Waals surface area contributed by atoms with Crippen LogP contribution in [0.15, 0.2) is 53.1 Å². The molecule has 0 bridgehead atoms. The van der Waals surface area contributed by atoms with E-state index in [1.54, 1.807) is 18.2 Å². The summed E-state index contributed by atoms with van der Waals surface area (Å²) in [6, 6.07) is 14.4. The lowest BCUT2D eigenvalue weighted by Gasteiger charge is -2.12. The van der Waals surface area contributed by atoms with Gasteiger partial charge in [0.2, 0.25) is 0 Å². The van der Waals surface area contributed by atoms with Crippen molar-refractivity contribution in [3.8, 4) is 17.3 Å². The molecule has 0 atom stereocenters. The Morgan fingerprint density at radius 1 is 0.964 bits per heavy atom. The molecular weight excluding hydrogens is 401 g/mol. The quantitative estimate of drug-likeness (QED) is 0.388. The topological polar surface area (TPSA) is 96.1 Å². The van der Waals surface area contributed by atoms with E-state index in [2.05, 4.69) is 30.3 Å². The Kier molecular flexibility index (Phi) is 5.18. The normalized spacial score (nSPS) is 10.9. The highest BCUT2D eigenvalue weighted by Crippen LogP contribution is 2.31. The van der Waals surface area contributed by atoms with Crippen LogP contribution in [-0.4, -0.2) is 33.3 Å². The van der Waals surface area contributed by atoms with E-state index in [1.165, 1.54) is 6.07 Å². The molecule has 0 fully saturated rings. The van der Waals surface area contributed by atoms with Crippen molar-refractivity contribution < 1.29 is 9.63 Å². The maximum Gasteiger partial charge on any atom is 0.310 e. The second kappa shape index (κ2) is 7.92. The summed E-state index contributed by atoms with van der Waals surface area (Å²) >= 11 is 12.3. The van der Waals surface area contributed by atoms with Gasteiger partial charge in [-0.05, 0) is 30.3 Å². The first-order valence-corrected chi connectivity index (χ1v) is 9.21. The average molecular weight is 416 g/mol. The van der Waals surface area contributed by atoms with Crippen molar-refractivity contribution in [3.05, 3.63) is 58.6 Å². The second-order valence-corrected chi connectivity index (χ2v) is 6.78. The first-order valence-electron chi connectivity index (χ1n) is 8.46. The number of para-hydroxylation sites is 1. The average Bonchev–Trinajstić information content (AvgIpc) is 3.10. The van der Waals surface area contributed by atoms with E-state index >= 15 is 0 Å². The van der Waals surface area contributed by atoms with Crippen LogP contribution in [-0.2, 0) is 0 Å². The summed E-state index contributed by atoms with van der Waals surface area (Å²) in [5.74, 6) is 1.43. The lowest BCUT2D eigenvalue weighted by atomic mass is 10.2. The highest BCUT2D eigenvalue weighted by molar-refractivity contribution is 6.36. The van der Waals surface area contributed by atoms with Gasteiger partial charge in [0.1, 0.15) is 5.82 Å². The summed E-state index contributed by atoms with van der Waals surface area (Å²) in [4.78, 5) is 9.29. The molecule has 9 heteroatoms. The Hall–Kier alpha value is -3.03. The van der Waals surface area contributed by atoms with E-state index in [1.807, 2.05) is 24.3 Å². The van der Waals surface area contributed by atoms with E-state index in [9.17, 15) is 0 Å². The maximum atomic E-state index is 9.16. The van der Waals surface area contributed by atoms with Crippen molar-refractivity contribution in [1.82, 2.24) is 15.1 Å². The van der Waals surface area contributed by atoms with Crippen LogP contribution in [0.5, 0.6) is 5.95 Å². The lowest BCUT2D eigenvalue weighted by Crippen LogP contribution is -2.15. The van der Waals surface area contributed by atoms with Gasteiger partial charge >= 0.3 is 5.95 Å². The molecule has 142 valence electrons. The molecule has 2 aromatic heterocycles. The fourth-order valence-corrected chi connectivity index (χ4v) is 3.22. The van der Waals surface area contributed by atoms with Gasteiger partial charge in [-0.25, -0.2) is 9.97 Å². The van der Waals surface area contributed by atoms with Gasteiger partial charge in [-0.2, -0.15) is 0 Å². The molecule has 0 amide bonds. The molecule has 0 saturated carbocycles. The third kappa shape index (κ3) is 3.95. The highest BCUT2D eigenvalue weighted by atomic mass is 35.5. The van der Waals surface area contributed by atoms with E-state index < -0.39 is 0 Å². The molecule has 0 spiro atoms. The molecule has 0 radical (unpaired) electrons. The van der Waals surface area contributed by atoms with Crippen LogP contribution in [0.4, 0.5) is 11.6 Å². The van der Waals surface area contributed by atoms with E-state index in [0.717, 1.165) is 10.9 Å². The van der Waals surface area contributed by atoms with Gasteiger partial charge in [-0.15, -0.1) is 0 Å². The number of rotatable bonds is 6. The maximum absolute atomic E-state index is 9.16. The molecular formula is C19H15Cl2N5O2. The molecule has 2 heterocycles. The van der Waals surface area contributed by atoms with E-state index in [0.29, 0.717) is 46.2 Å². The number of aromatic hydroxyl groups is 1. The number of halogens is 2. The number of fused-ring (bicyclic) bond motifs is 1. The lowest BCUT2D eigenvalue weighted by molar-refractivity contribution is 0.279. The van der Waals surface area contributed by atoms with Gasteiger partial charge in [0.15, 0.2) is 11.6 Å². The minimum absolute atomic E-state index is 0.235. The molecule has 0 unspecified atom stereocenters. The van der Waals surface area contributed by atoms with Gasteiger partial charge in [0.05, 0.1) is 16.6 Å². The molecule has 3 N–H and O–H groups in total.